The molecular formula is C20H31N4OS+. The fourth-order valence-electron chi connectivity index (χ4n) is 3.57. The first-order valence-corrected chi connectivity index (χ1v) is 10.0. The number of benzene rings is 1. The molecule has 5 nitrogen and oxygen atoms in total. The van der Waals surface area contributed by atoms with Gasteiger partial charge in [-0.2, -0.15) is 4.68 Å². The van der Waals surface area contributed by atoms with E-state index in [0.29, 0.717) is 5.92 Å². The van der Waals surface area contributed by atoms with E-state index in [1.807, 2.05) is 16.8 Å². The Labute approximate surface area is 161 Å². The maximum atomic E-state index is 5.80. The van der Waals surface area contributed by atoms with Crippen LogP contribution in [0.15, 0.2) is 24.3 Å². The van der Waals surface area contributed by atoms with E-state index in [-0.39, 0.29) is 0 Å². The molecule has 0 saturated carbocycles. The number of likely N-dealkylation sites (tertiary alicyclic amines) is 1. The molecule has 0 spiro atoms. The predicted octanol–water partition coefficient (Wildman–Crippen LogP) is 3.02. The molecule has 0 aliphatic carbocycles. The minimum atomic E-state index is 0.513. The third-order valence-corrected chi connectivity index (χ3v) is 5.60. The molecule has 6 heteroatoms. The largest absolute Gasteiger partial charge is 0.497 e. The van der Waals surface area contributed by atoms with Crippen molar-refractivity contribution < 1.29 is 9.64 Å². The van der Waals surface area contributed by atoms with E-state index in [0.717, 1.165) is 41.0 Å². The fraction of sp³-hybridized carbons (Fsp3) is 0.600. The zero-order chi connectivity index (χ0) is 18.7. The number of hydrogen-bond acceptors (Lipinski definition) is 3. The summed E-state index contributed by atoms with van der Waals surface area (Å²) in [7, 11) is 1.69. The quantitative estimate of drug-likeness (QED) is 0.789. The van der Waals surface area contributed by atoms with E-state index in [9.17, 15) is 0 Å². The SMILES string of the molecule is COc1ccc(-c2nn(C[NH+]3CCC(C)CC3)c(=S)n2CC(C)C)cc1. The van der Waals surface area contributed by atoms with Crippen molar-refractivity contribution in [2.75, 3.05) is 20.2 Å². The molecule has 2 heterocycles. The second-order valence-electron chi connectivity index (χ2n) is 7.93. The zero-order valence-electron chi connectivity index (χ0n) is 16.4. The van der Waals surface area contributed by atoms with Crippen molar-refractivity contribution in [1.82, 2.24) is 14.3 Å². The van der Waals surface area contributed by atoms with Gasteiger partial charge in [0.1, 0.15) is 5.75 Å². The molecule has 1 aromatic carbocycles. The molecule has 2 aromatic rings. The summed E-state index contributed by atoms with van der Waals surface area (Å²) in [4.78, 5) is 1.58. The molecule has 0 atom stereocenters. The molecule has 0 bridgehead atoms. The molecule has 1 N–H and O–H groups in total. The normalized spacial score (nSPS) is 20.5. The van der Waals surface area contributed by atoms with Gasteiger partial charge >= 0.3 is 0 Å². The van der Waals surface area contributed by atoms with Crippen molar-refractivity contribution in [3.8, 4) is 17.1 Å². The van der Waals surface area contributed by atoms with Crippen LogP contribution in [0.4, 0.5) is 0 Å². The van der Waals surface area contributed by atoms with Crippen LogP contribution >= 0.6 is 12.2 Å². The number of piperidine rings is 1. The lowest BCUT2D eigenvalue weighted by atomic mass is 10.00. The summed E-state index contributed by atoms with van der Waals surface area (Å²) in [5, 5.41) is 4.92. The van der Waals surface area contributed by atoms with E-state index in [1.54, 1.807) is 12.0 Å². The van der Waals surface area contributed by atoms with Crippen molar-refractivity contribution >= 4 is 12.2 Å². The van der Waals surface area contributed by atoms with Crippen LogP contribution in [0.2, 0.25) is 0 Å². The smallest absolute Gasteiger partial charge is 0.203 e. The Balaban J connectivity index is 1.90. The average Bonchev–Trinajstić information content (AvgIpc) is 2.93. The Kier molecular flexibility index (Phi) is 6.14. The highest BCUT2D eigenvalue weighted by Crippen LogP contribution is 2.22. The molecule has 0 radical (unpaired) electrons. The second-order valence-corrected chi connectivity index (χ2v) is 8.29. The summed E-state index contributed by atoms with van der Waals surface area (Å²) in [6.45, 7) is 10.9. The van der Waals surface area contributed by atoms with E-state index in [4.69, 9.17) is 22.1 Å². The average molecular weight is 376 g/mol. The molecular weight excluding hydrogens is 344 g/mol. The molecule has 3 rings (SSSR count). The number of hydrogen-bond donors (Lipinski definition) is 1. The van der Waals surface area contributed by atoms with Crippen LogP contribution in [-0.2, 0) is 13.2 Å². The van der Waals surface area contributed by atoms with Crippen LogP contribution in [0.3, 0.4) is 0 Å². The number of nitrogens with one attached hydrogen (secondary N) is 1. The Morgan fingerprint density at radius 2 is 1.88 bits per heavy atom. The molecule has 142 valence electrons. The lowest BCUT2D eigenvalue weighted by molar-refractivity contribution is -0.929. The van der Waals surface area contributed by atoms with Crippen molar-refractivity contribution in [1.29, 1.82) is 0 Å². The van der Waals surface area contributed by atoms with Crippen molar-refractivity contribution in [2.45, 2.75) is 46.8 Å². The van der Waals surface area contributed by atoms with Crippen molar-refractivity contribution in [2.24, 2.45) is 11.8 Å². The molecule has 1 saturated heterocycles. The van der Waals surface area contributed by atoms with Crippen LogP contribution in [0.1, 0.15) is 33.6 Å². The van der Waals surface area contributed by atoms with Gasteiger partial charge in [0.2, 0.25) is 4.77 Å². The molecule has 26 heavy (non-hydrogen) atoms. The maximum Gasteiger partial charge on any atom is 0.203 e. The van der Waals surface area contributed by atoms with Gasteiger partial charge in [-0.1, -0.05) is 20.8 Å². The van der Waals surface area contributed by atoms with Crippen LogP contribution in [-0.4, -0.2) is 34.5 Å². The topological polar surface area (TPSA) is 36.4 Å². The van der Waals surface area contributed by atoms with Gasteiger partial charge < -0.3 is 9.64 Å². The summed E-state index contributed by atoms with van der Waals surface area (Å²) in [5.74, 6) is 3.17. The summed E-state index contributed by atoms with van der Waals surface area (Å²) in [6.07, 6.45) is 2.58. The number of quaternary nitrogens is 1. The molecule has 0 unspecified atom stereocenters. The zero-order valence-corrected chi connectivity index (χ0v) is 17.2. The van der Waals surface area contributed by atoms with E-state index in [1.165, 1.54) is 25.9 Å². The lowest BCUT2D eigenvalue weighted by Crippen LogP contribution is -3.12. The Morgan fingerprint density at radius 1 is 1.23 bits per heavy atom. The summed E-state index contributed by atoms with van der Waals surface area (Å²) in [5.41, 5.74) is 1.08. The Bertz CT molecular complexity index is 770. The Morgan fingerprint density at radius 3 is 2.46 bits per heavy atom. The van der Waals surface area contributed by atoms with Crippen molar-refractivity contribution in [3.63, 3.8) is 0 Å². The van der Waals surface area contributed by atoms with Crippen LogP contribution in [0, 0.1) is 16.6 Å². The first-order valence-electron chi connectivity index (χ1n) is 9.63. The highest BCUT2D eigenvalue weighted by molar-refractivity contribution is 7.71. The monoisotopic (exact) mass is 375 g/mol. The van der Waals surface area contributed by atoms with Crippen LogP contribution < -0.4 is 9.64 Å². The van der Waals surface area contributed by atoms with E-state index in [2.05, 4.69) is 37.5 Å². The van der Waals surface area contributed by atoms with Gasteiger partial charge in [0.15, 0.2) is 12.5 Å². The summed E-state index contributed by atoms with van der Waals surface area (Å²) in [6, 6.07) is 8.09. The first-order chi connectivity index (χ1) is 12.5. The van der Waals surface area contributed by atoms with Gasteiger partial charge in [-0.25, -0.2) is 0 Å². The van der Waals surface area contributed by atoms with Crippen molar-refractivity contribution in [3.05, 3.63) is 29.0 Å². The van der Waals surface area contributed by atoms with Gasteiger partial charge in [0.25, 0.3) is 0 Å². The van der Waals surface area contributed by atoms with Gasteiger partial charge in [0.05, 0.1) is 20.2 Å². The number of nitrogens with zero attached hydrogens (tertiary/aromatic N) is 3. The minimum Gasteiger partial charge on any atom is -0.497 e. The molecule has 1 aliphatic heterocycles. The standard InChI is InChI=1S/C20H30N4OS/c1-15(2)13-23-19(17-5-7-18(25-4)8-6-17)21-24(20(23)26)14-22-11-9-16(3)10-12-22/h5-8,15-16H,9-14H2,1-4H3/p+1. The number of ether oxygens (including phenoxy) is 1. The molecule has 1 aliphatic rings. The van der Waals surface area contributed by atoms with E-state index >= 15 is 0 Å². The number of rotatable bonds is 6. The third kappa shape index (κ3) is 4.35. The van der Waals surface area contributed by atoms with Gasteiger partial charge in [-0.3, -0.25) is 4.57 Å². The van der Waals surface area contributed by atoms with Gasteiger partial charge in [-0.15, -0.1) is 5.10 Å². The second kappa shape index (κ2) is 8.35. The molecule has 1 aromatic heterocycles. The predicted molar refractivity (Wildman–Crippen MR) is 107 cm³/mol. The summed E-state index contributed by atoms with van der Waals surface area (Å²) < 4.78 is 10.3. The highest BCUT2D eigenvalue weighted by atomic mass is 32.1. The van der Waals surface area contributed by atoms with E-state index < -0.39 is 0 Å². The van der Waals surface area contributed by atoms with Gasteiger partial charge in [0, 0.05) is 12.1 Å². The van der Waals surface area contributed by atoms with Crippen LogP contribution in [0.5, 0.6) is 5.75 Å². The van der Waals surface area contributed by atoms with Crippen LogP contribution in [0.25, 0.3) is 11.4 Å². The molecule has 1 fully saturated rings. The van der Waals surface area contributed by atoms with Gasteiger partial charge in [-0.05, 0) is 61.2 Å². The maximum absolute atomic E-state index is 5.80. The number of methoxy groups -OCH3 is 1. The first kappa shape index (κ1) is 19.1. The highest BCUT2D eigenvalue weighted by Gasteiger charge is 2.21. The number of aromatic nitrogens is 3. The lowest BCUT2D eigenvalue weighted by Gasteiger charge is -2.26. The minimum absolute atomic E-state index is 0.513. The third-order valence-electron chi connectivity index (χ3n) is 5.17. The molecule has 0 amide bonds. The summed E-state index contributed by atoms with van der Waals surface area (Å²) >= 11 is 5.80. The fourth-order valence-corrected chi connectivity index (χ4v) is 3.83. The Hall–Kier alpha value is -1.66.